The number of aromatic nitrogens is 1. The minimum Gasteiger partial charge on any atom is -0.495 e. The molecule has 388 valence electrons. The molecular weight excluding hydrogens is 946 g/mol. The number of unbranched alkanes of at least 4 members (excludes halogenated alkanes) is 3. The number of amides is 5. The Kier molecular flexibility index (Phi) is 19.6. The van der Waals surface area contributed by atoms with E-state index in [9.17, 15) is 42.3 Å². The summed E-state index contributed by atoms with van der Waals surface area (Å²) in [4.78, 5) is 73.5. The van der Waals surface area contributed by atoms with Gasteiger partial charge in [-0.25, -0.2) is 4.98 Å². The Morgan fingerprint density at radius 2 is 1.58 bits per heavy atom. The summed E-state index contributed by atoms with van der Waals surface area (Å²) in [6, 6.07) is 17.2. The predicted octanol–water partition coefficient (Wildman–Crippen LogP) is 8.86. The van der Waals surface area contributed by atoms with Crippen molar-refractivity contribution in [1.82, 2.24) is 31.2 Å². The highest BCUT2D eigenvalue weighted by Crippen LogP contribution is 2.40. The van der Waals surface area contributed by atoms with Crippen LogP contribution in [0.3, 0.4) is 0 Å². The summed E-state index contributed by atoms with van der Waals surface area (Å²) < 4.78 is 44.8. The van der Waals surface area contributed by atoms with Gasteiger partial charge in [0.25, 0.3) is 5.91 Å². The van der Waals surface area contributed by atoms with Crippen molar-refractivity contribution in [2.24, 2.45) is 17.3 Å². The van der Waals surface area contributed by atoms with E-state index in [0.29, 0.717) is 43.5 Å². The van der Waals surface area contributed by atoms with Gasteiger partial charge in [-0.15, -0.1) is 11.3 Å². The third kappa shape index (κ3) is 16.0. The zero-order valence-electron chi connectivity index (χ0n) is 41.9. The van der Waals surface area contributed by atoms with Gasteiger partial charge in [0.15, 0.2) is 0 Å². The second-order valence-corrected chi connectivity index (χ2v) is 21.0. The lowest BCUT2D eigenvalue weighted by atomic mass is 9.81. The van der Waals surface area contributed by atoms with Crippen molar-refractivity contribution in [3.8, 4) is 16.2 Å². The van der Waals surface area contributed by atoms with Gasteiger partial charge in [0.05, 0.1) is 31.7 Å². The number of nitrogens with one attached hydrogen (secondary N) is 4. The van der Waals surface area contributed by atoms with Gasteiger partial charge in [-0.2, -0.15) is 13.2 Å². The van der Waals surface area contributed by atoms with Crippen LogP contribution < -0.4 is 26.0 Å². The van der Waals surface area contributed by atoms with E-state index in [1.165, 1.54) is 28.6 Å². The Labute approximate surface area is 424 Å². The smallest absolute Gasteiger partial charge is 0.391 e. The third-order valence-electron chi connectivity index (χ3n) is 13.4. The van der Waals surface area contributed by atoms with Crippen molar-refractivity contribution in [1.29, 1.82) is 0 Å². The van der Waals surface area contributed by atoms with Crippen LogP contribution in [-0.2, 0) is 38.7 Å². The highest BCUT2D eigenvalue weighted by molar-refractivity contribution is 7.13. The SMILES string of the molecule is COc1cnc(C(=O)NCc2cccc(CC(=O)NCCCCCCC(=O)N[C@H](C(=O)N3C[C@H](O)C[C@H]3C(=O)NCc3ccc(-c4sccc4C)cc3)C(C)(C)C)c2)cc1/C=C/[C@H]1CC[C@H](C(F)(F)F)CC1. The number of halogens is 3. The van der Waals surface area contributed by atoms with Gasteiger partial charge < -0.3 is 36.0 Å². The first-order valence-corrected chi connectivity index (χ1v) is 25.8. The number of methoxy groups -OCH3 is 1. The van der Waals surface area contributed by atoms with E-state index >= 15 is 0 Å². The first-order valence-electron chi connectivity index (χ1n) is 24.9. The van der Waals surface area contributed by atoms with E-state index in [-0.39, 0.29) is 81.1 Å². The molecule has 5 N–H and O–H groups in total. The summed E-state index contributed by atoms with van der Waals surface area (Å²) in [6.45, 7) is 8.55. The molecule has 3 atom stereocenters. The number of rotatable bonds is 21. The number of carbonyl (C=O) groups is 5. The quantitative estimate of drug-likeness (QED) is 0.0514. The highest BCUT2D eigenvalue weighted by Gasteiger charge is 2.45. The zero-order valence-corrected chi connectivity index (χ0v) is 42.7. The number of thiophene rings is 1. The van der Waals surface area contributed by atoms with Crippen LogP contribution in [-0.4, -0.2) is 89.1 Å². The lowest BCUT2D eigenvalue weighted by Crippen LogP contribution is -2.57. The molecule has 2 aromatic heterocycles. The average molecular weight is 1020 g/mol. The number of likely N-dealkylation sites (tertiary alicyclic amines) is 1. The molecule has 17 heteroatoms. The maximum atomic E-state index is 14.0. The first-order chi connectivity index (χ1) is 34.3. The normalized spacial score (nSPS) is 18.7. The van der Waals surface area contributed by atoms with Gasteiger partial charge in [0, 0.05) is 49.5 Å². The highest BCUT2D eigenvalue weighted by atomic mass is 32.1. The number of hydrogen-bond acceptors (Lipinski definition) is 9. The lowest BCUT2D eigenvalue weighted by molar-refractivity contribution is -0.183. The Bertz CT molecular complexity index is 2520. The molecular formula is C55H69F3N6O7S. The largest absolute Gasteiger partial charge is 0.495 e. The van der Waals surface area contributed by atoms with Crippen LogP contribution in [0.2, 0.25) is 0 Å². The van der Waals surface area contributed by atoms with Crippen molar-refractivity contribution < 1.29 is 47.0 Å². The van der Waals surface area contributed by atoms with E-state index in [2.05, 4.69) is 44.6 Å². The van der Waals surface area contributed by atoms with Gasteiger partial charge in [-0.1, -0.05) is 94.3 Å². The molecule has 13 nitrogen and oxygen atoms in total. The lowest BCUT2D eigenvalue weighted by Gasteiger charge is -2.35. The van der Waals surface area contributed by atoms with Crippen molar-refractivity contribution >= 4 is 46.9 Å². The molecule has 5 amide bonds. The van der Waals surface area contributed by atoms with Crippen LogP contribution in [0.1, 0.15) is 123 Å². The molecule has 0 spiro atoms. The summed E-state index contributed by atoms with van der Waals surface area (Å²) in [7, 11) is 1.48. The summed E-state index contributed by atoms with van der Waals surface area (Å²) in [5.74, 6) is -2.42. The number of β-amino-alcohol motifs (C(OH)–C–C–N with tert-alkyl or cyclic N) is 1. The second kappa shape index (κ2) is 25.5. The van der Waals surface area contributed by atoms with Crippen LogP contribution in [0.15, 0.2) is 78.3 Å². The van der Waals surface area contributed by atoms with Crippen LogP contribution >= 0.6 is 11.3 Å². The van der Waals surface area contributed by atoms with Crippen LogP contribution in [0.4, 0.5) is 13.2 Å². The van der Waals surface area contributed by atoms with E-state index in [1.54, 1.807) is 23.5 Å². The number of aryl methyl sites for hydroxylation is 1. The number of ether oxygens (including phenoxy) is 1. The number of aliphatic hydroxyl groups excluding tert-OH is 1. The topological polar surface area (TPSA) is 179 Å². The Morgan fingerprint density at radius 1 is 0.875 bits per heavy atom. The molecule has 6 rings (SSSR count). The maximum absolute atomic E-state index is 14.0. The minimum absolute atomic E-state index is 0.0000590. The number of carbonyl (C=O) groups excluding carboxylic acids is 5. The van der Waals surface area contributed by atoms with Gasteiger partial charge >= 0.3 is 6.18 Å². The predicted molar refractivity (Wildman–Crippen MR) is 273 cm³/mol. The van der Waals surface area contributed by atoms with Crippen LogP contribution in [0.5, 0.6) is 5.75 Å². The molecule has 2 fully saturated rings. The minimum atomic E-state index is -4.17. The Balaban J connectivity index is 0.876. The number of aliphatic hydroxyl groups is 1. The molecule has 0 radical (unpaired) electrons. The molecule has 0 bridgehead atoms. The Hall–Kier alpha value is -6.07. The van der Waals surface area contributed by atoms with Gasteiger partial charge in [-0.3, -0.25) is 24.0 Å². The number of pyridine rings is 1. The van der Waals surface area contributed by atoms with Gasteiger partial charge in [-0.05, 0) is 102 Å². The van der Waals surface area contributed by atoms with Crippen LogP contribution in [0.25, 0.3) is 16.5 Å². The fourth-order valence-electron chi connectivity index (χ4n) is 9.23. The van der Waals surface area contributed by atoms with Gasteiger partial charge in [0.2, 0.25) is 23.6 Å². The summed E-state index contributed by atoms with van der Waals surface area (Å²) >= 11 is 1.68. The maximum Gasteiger partial charge on any atom is 0.391 e. The summed E-state index contributed by atoms with van der Waals surface area (Å²) in [6.07, 6.45) is 4.40. The van der Waals surface area contributed by atoms with Crippen molar-refractivity contribution in [2.45, 2.75) is 136 Å². The standard InChI is InChI=1S/C55H69F3N6O7S/c1-35-24-26-72-49(35)40-19-15-37(16-20-40)31-62-52(69)45-30-43(65)34-64(45)53(70)50(54(2,3)4)63-47(66)13-8-6-7-9-25-59-48(67)28-38-11-10-12-39(27-38)32-61-51(68)44-29-41(46(71-5)33-60-44)21-14-36-17-22-42(23-18-36)55(56,57)58/h10-12,14-16,19-21,24,26-27,29,33,36,42-43,45,50,65H,6-9,13,17-18,22-23,25,28,30-32,34H2,1-5H3,(H,59,67)(H,61,68)(H,62,69)(H,63,66)/b21-14+/t36-,42-,43-,45+,50-/m1/s1. The fraction of sp³-hybridized carbons (Fsp3) is 0.491. The molecule has 2 aromatic carbocycles. The molecule has 1 aliphatic heterocycles. The summed E-state index contributed by atoms with van der Waals surface area (Å²) in [5.41, 5.74) is 4.88. The number of allylic oxidation sites excluding steroid dienone is 1. The number of benzene rings is 2. The first kappa shape index (κ1) is 55.2. The van der Waals surface area contributed by atoms with E-state index in [1.807, 2.05) is 75.4 Å². The Morgan fingerprint density at radius 3 is 2.26 bits per heavy atom. The van der Waals surface area contributed by atoms with E-state index in [4.69, 9.17) is 4.74 Å². The molecule has 72 heavy (non-hydrogen) atoms. The molecule has 4 aromatic rings. The molecule has 3 heterocycles. The molecule has 1 saturated heterocycles. The van der Waals surface area contributed by atoms with Crippen molar-refractivity contribution in [2.75, 3.05) is 20.2 Å². The molecule has 2 aliphatic rings. The second-order valence-electron chi connectivity index (χ2n) is 20.1. The van der Waals surface area contributed by atoms with Crippen molar-refractivity contribution in [3.05, 3.63) is 112 Å². The average Bonchev–Trinajstić information content (AvgIpc) is 3.97. The number of nitrogens with zero attached hydrogens (tertiary/aromatic N) is 2. The molecule has 1 aliphatic carbocycles. The number of alkyl halides is 3. The van der Waals surface area contributed by atoms with Crippen molar-refractivity contribution in [3.63, 3.8) is 0 Å². The van der Waals surface area contributed by atoms with E-state index in [0.717, 1.165) is 35.1 Å². The van der Waals surface area contributed by atoms with Gasteiger partial charge in [0.1, 0.15) is 23.5 Å². The monoisotopic (exact) mass is 1010 g/mol. The van der Waals surface area contributed by atoms with E-state index < -0.39 is 47.5 Å². The molecule has 0 unspecified atom stereocenters. The zero-order chi connectivity index (χ0) is 52.0. The number of hydrogen-bond donors (Lipinski definition) is 5. The molecule has 1 saturated carbocycles. The third-order valence-corrected chi connectivity index (χ3v) is 14.5. The fourth-order valence-corrected chi connectivity index (χ4v) is 10.2. The van der Waals surface area contributed by atoms with Crippen LogP contribution in [0, 0.1) is 24.2 Å². The summed E-state index contributed by atoms with van der Waals surface area (Å²) in [5, 5.41) is 24.3.